The molecule has 0 fully saturated rings. The van der Waals surface area contributed by atoms with Gasteiger partial charge in [-0.25, -0.2) is 4.39 Å². The molecule has 1 rings (SSSR count). The number of nitrogens with one attached hydrogen (secondary N) is 1. The van der Waals surface area contributed by atoms with Crippen molar-refractivity contribution in [1.29, 1.82) is 0 Å². The van der Waals surface area contributed by atoms with Crippen LogP contribution in [0.15, 0.2) is 23.1 Å². The van der Waals surface area contributed by atoms with Gasteiger partial charge in [0.25, 0.3) is 0 Å². The third kappa shape index (κ3) is 4.96. The van der Waals surface area contributed by atoms with E-state index in [-0.39, 0.29) is 23.4 Å². The standard InChI is InChI=1S/C13H19FN2OS/c1-3-4-9(2)16-13(17)8-18-10-5-6-12(15)11(14)7-10/h5-7,9H,3-4,8,15H2,1-2H3,(H,16,17). The molecule has 5 heteroatoms. The van der Waals surface area contributed by atoms with Crippen LogP contribution in [0.1, 0.15) is 26.7 Å². The van der Waals surface area contributed by atoms with E-state index in [1.54, 1.807) is 6.07 Å². The average molecular weight is 270 g/mol. The number of anilines is 1. The first-order valence-corrected chi connectivity index (χ1v) is 6.98. The van der Waals surface area contributed by atoms with Gasteiger partial charge in [0.05, 0.1) is 11.4 Å². The van der Waals surface area contributed by atoms with Crippen LogP contribution in [0.5, 0.6) is 0 Å². The van der Waals surface area contributed by atoms with E-state index >= 15 is 0 Å². The second kappa shape index (κ2) is 7.26. The Morgan fingerprint density at radius 1 is 1.56 bits per heavy atom. The molecule has 0 aliphatic rings. The molecule has 0 aliphatic heterocycles. The second-order valence-corrected chi connectivity index (χ2v) is 5.28. The number of benzene rings is 1. The molecule has 1 aromatic rings. The van der Waals surface area contributed by atoms with Gasteiger partial charge in [0.1, 0.15) is 5.82 Å². The minimum Gasteiger partial charge on any atom is -0.396 e. The molecule has 0 spiro atoms. The van der Waals surface area contributed by atoms with Crippen LogP contribution in [0.2, 0.25) is 0 Å². The zero-order valence-corrected chi connectivity index (χ0v) is 11.5. The topological polar surface area (TPSA) is 55.1 Å². The molecule has 0 aliphatic carbocycles. The van der Waals surface area contributed by atoms with Crippen LogP contribution in [0.25, 0.3) is 0 Å². The maximum atomic E-state index is 13.2. The number of rotatable bonds is 6. The summed E-state index contributed by atoms with van der Waals surface area (Å²) < 4.78 is 13.2. The van der Waals surface area contributed by atoms with E-state index in [0.717, 1.165) is 12.8 Å². The molecule has 0 radical (unpaired) electrons. The maximum Gasteiger partial charge on any atom is 0.230 e. The fourth-order valence-corrected chi connectivity index (χ4v) is 2.30. The van der Waals surface area contributed by atoms with Crippen molar-refractivity contribution < 1.29 is 9.18 Å². The van der Waals surface area contributed by atoms with Gasteiger partial charge in [0.2, 0.25) is 5.91 Å². The second-order valence-electron chi connectivity index (χ2n) is 4.23. The lowest BCUT2D eigenvalue weighted by atomic mass is 10.2. The van der Waals surface area contributed by atoms with Gasteiger partial charge in [-0.3, -0.25) is 4.79 Å². The van der Waals surface area contributed by atoms with Crippen LogP contribution in [-0.2, 0) is 4.79 Å². The van der Waals surface area contributed by atoms with E-state index in [9.17, 15) is 9.18 Å². The minimum atomic E-state index is -0.445. The quantitative estimate of drug-likeness (QED) is 0.617. The number of carbonyl (C=O) groups is 1. The van der Waals surface area contributed by atoms with Gasteiger partial charge in [-0.05, 0) is 31.5 Å². The summed E-state index contributed by atoms with van der Waals surface area (Å²) in [6, 6.07) is 4.76. The van der Waals surface area contributed by atoms with Crippen molar-refractivity contribution in [1.82, 2.24) is 5.32 Å². The molecule has 0 aromatic heterocycles. The van der Waals surface area contributed by atoms with Gasteiger partial charge < -0.3 is 11.1 Å². The number of thioether (sulfide) groups is 1. The number of nitrogen functional groups attached to an aromatic ring is 1. The van der Waals surface area contributed by atoms with Gasteiger partial charge in [-0.15, -0.1) is 11.8 Å². The van der Waals surface area contributed by atoms with Crippen molar-refractivity contribution in [3.63, 3.8) is 0 Å². The summed E-state index contributed by atoms with van der Waals surface area (Å²) in [5.41, 5.74) is 5.51. The Bertz CT molecular complexity index is 412. The summed E-state index contributed by atoms with van der Waals surface area (Å²) in [4.78, 5) is 12.3. The van der Waals surface area contributed by atoms with Crippen molar-refractivity contribution in [2.45, 2.75) is 37.6 Å². The number of hydrogen-bond donors (Lipinski definition) is 2. The van der Waals surface area contributed by atoms with Gasteiger partial charge >= 0.3 is 0 Å². The minimum absolute atomic E-state index is 0.0295. The van der Waals surface area contributed by atoms with Crippen molar-refractivity contribution in [2.24, 2.45) is 0 Å². The fraction of sp³-hybridized carbons (Fsp3) is 0.462. The highest BCUT2D eigenvalue weighted by Crippen LogP contribution is 2.21. The van der Waals surface area contributed by atoms with Gasteiger partial charge in [-0.2, -0.15) is 0 Å². The summed E-state index contributed by atoms with van der Waals surface area (Å²) in [5, 5.41) is 2.90. The molecule has 3 nitrogen and oxygen atoms in total. The summed E-state index contributed by atoms with van der Waals surface area (Å²) in [6.07, 6.45) is 2.00. The maximum absolute atomic E-state index is 13.2. The van der Waals surface area contributed by atoms with Gasteiger partial charge in [0.15, 0.2) is 0 Å². The Hall–Kier alpha value is -1.23. The fourth-order valence-electron chi connectivity index (χ4n) is 1.57. The number of hydrogen-bond acceptors (Lipinski definition) is 3. The smallest absolute Gasteiger partial charge is 0.230 e. The zero-order valence-electron chi connectivity index (χ0n) is 10.7. The zero-order chi connectivity index (χ0) is 13.5. The van der Waals surface area contributed by atoms with Crippen LogP contribution in [0.4, 0.5) is 10.1 Å². The van der Waals surface area contributed by atoms with Gasteiger partial charge in [0, 0.05) is 10.9 Å². The molecule has 0 bridgehead atoms. The van der Waals surface area contributed by atoms with Crippen LogP contribution in [0.3, 0.4) is 0 Å². The molecular weight excluding hydrogens is 251 g/mol. The predicted molar refractivity (Wildman–Crippen MR) is 74.0 cm³/mol. The van der Waals surface area contributed by atoms with E-state index in [2.05, 4.69) is 12.2 Å². The molecule has 0 heterocycles. The Morgan fingerprint density at radius 2 is 2.28 bits per heavy atom. The van der Waals surface area contributed by atoms with Crippen LogP contribution in [-0.4, -0.2) is 17.7 Å². The summed E-state index contributed by atoms with van der Waals surface area (Å²) in [7, 11) is 0. The third-order valence-corrected chi connectivity index (χ3v) is 3.46. The normalized spacial score (nSPS) is 12.2. The van der Waals surface area contributed by atoms with Crippen LogP contribution in [0, 0.1) is 5.82 Å². The largest absolute Gasteiger partial charge is 0.396 e. The molecule has 100 valence electrons. The third-order valence-electron chi connectivity index (χ3n) is 2.47. The Kier molecular flexibility index (Phi) is 5.98. The highest BCUT2D eigenvalue weighted by Gasteiger charge is 2.08. The van der Waals surface area contributed by atoms with E-state index in [1.807, 2.05) is 6.92 Å². The molecule has 1 atom stereocenters. The van der Waals surface area contributed by atoms with Crippen molar-refractivity contribution in [2.75, 3.05) is 11.5 Å². The van der Waals surface area contributed by atoms with E-state index in [1.165, 1.54) is 23.9 Å². The summed E-state index contributed by atoms with van der Waals surface area (Å²) in [6.45, 7) is 4.06. The van der Waals surface area contributed by atoms with Crippen LogP contribution >= 0.6 is 11.8 Å². The molecule has 1 aromatic carbocycles. The number of nitrogens with two attached hydrogens (primary N) is 1. The van der Waals surface area contributed by atoms with Crippen molar-refractivity contribution >= 4 is 23.4 Å². The first-order valence-electron chi connectivity index (χ1n) is 6.00. The van der Waals surface area contributed by atoms with Crippen LogP contribution < -0.4 is 11.1 Å². The lowest BCUT2D eigenvalue weighted by Gasteiger charge is -2.12. The SMILES string of the molecule is CCCC(C)NC(=O)CSc1ccc(N)c(F)c1. The molecule has 1 amide bonds. The molecule has 0 saturated carbocycles. The molecule has 1 unspecified atom stereocenters. The Morgan fingerprint density at radius 3 is 2.89 bits per heavy atom. The Labute approximate surface area is 111 Å². The molecule has 0 saturated heterocycles. The number of halogens is 1. The lowest BCUT2D eigenvalue weighted by molar-refractivity contribution is -0.119. The summed E-state index contributed by atoms with van der Waals surface area (Å²) >= 11 is 1.30. The lowest BCUT2D eigenvalue weighted by Crippen LogP contribution is -2.33. The van der Waals surface area contributed by atoms with Gasteiger partial charge in [-0.1, -0.05) is 13.3 Å². The first kappa shape index (κ1) is 14.8. The molecule has 18 heavy (non-hydrogen) atoms. The Balaban J connectivity index is 2.40. The van der Waals surface area contributed by atoms with Crippen molar-refractivity contribution in [3.8, 4) is 0 Å². The van der Waals surface area contributed by atoms with Crippen molar-refractivity contribution in [3.05, 3.63) is 24.0 Å². The number of amides is 1. The van der Waals surface area contributed by atoms with E-state index < -0.39 is 5.82 Å². The average Bonchev–Trinajstić information content (AvgIpc) is 2.31. The van der Waals surface area contributed by atoms with E-state index in [0.29, 0.717) is 4.90 Å². The first-order chi connectivity index (χ1) is 8.52. The highest BCUT2D eigenvalue weighted by molar-refractivity contribution is 8.00. The predicted octanol–water partition coefficient (Wildman–Crippen LogP) is 2.80. The summed E-state index contributed by atoms with van der Waals surface area (Å²) in [5.74, 6) is -0.185. The monoisotopic (exact) mass is 270 g/mol. The van der Waals surface area contributed by atoms with E-state index in [4.69, 9.17) is 5.73 Å². The highest BCUT2D eigenvalue weighted by atomic mass is 32.2. The molecular formula is C13H19FN2OS. The number of carbonyl (C=O) groups excluding carboxylic acids is 1. The molecule has 3 N–H and O–H groups in total.